The molecule has 5 N–H and O–H groups in total. The fourth-order valence-electron chi connectivity index (χ4n) is 2.63. The normalized spacial score (nSPS) is 12.6. The van der Waals surface area contributed by atoms with E-state index < -0.39 is 29.9 Å². The number of aliphatic carboxylic acids is 1. The Labute approximate surface area is 168 Å². The lowest BCUT2D eigenvalue weighted by atomic mass is 10.1. The number of hydrogen-bond donors (Lipinski definition) is 5. The van der Waals surface area contributed by atoms with Crippen LogP contribution in [-0.2, 0) is 27.3 Å². The fraction of sp³-hybridized carbons (Fsp3) is 0.286. The Balaban J connectivity index is 1.78. The third-order valence-corrected chi connectivity index (χ3v) is 4.32. The van der Waals surface area contributed by atoms with Crippen molar-refractivity contribution in [2.45, 2.75) is 32.0 Å². The number of nitrogens with one attached hydrogen (secondary N) is 3. The first kappa shape index (κ1) is 21.9. The molecular weight excluding hydrogens is 374 g/mol. The number of benzene rings is 2. The van der Waals surface area contributed by atoms with Gasteiger partial charge in [-0.3, -0.25) is 9.59 Å². The van der Waals surface area contributed by atoms with Gasteiger partial charge in [0.15, 0.2) is 0 Å². The average Bonchev–Trinajstić information content (AvgIpc) is 2.71. The van der Waals surface area contributed by atoms with Crippen LogP contribution >= 0.6 is 0 Å². The number of para-hydroxylation sites is 1. The van der Waals surface area contributed by atoms with Crippen LogP contribution in [0.5, 0.6) is 5.75 Å². The van der Waals surface area contributed by atoms with E-state index in [4.69, 9.17) is 0 Å². The van der Waals surface area contributed by atoms with Gasteiger partial charge in [0.25, 0.3) is 0 Å². The molecule has 29 heavy (non-hydrogen) atoms. The van der Waals surface area contributed by atoms with Crippen LogP contribution in [0.25, 0.3) is 0 Å². The quantitative estimate of drug-likeness (QED) is 0.402. The summed E-state index contributed by atoms with van der Waals surface area (Å²) in [7, 11) is 0. The van der Waals surface area contributed by atoms with E-state index in [9.17, 15) is 24.6 Å². The van der Waals surface area contributed by atoms with Gasteiger partial charge in [0.2, 0.25) is 11.8 Å². The second kappa shape index (κ2) is 10.8. The van der Waals surface area contributed by atoms with Gasteiger partial charge in [0, 0.05) is 18.5 Å². The van der Waals surface area contributed by atoms with Crippen LogP contribution in [0.2, 0.25) is 0 Å². The Morgan fingerprint density at radius 2 is 1.66 bits per heavy atom. The van der Waals surface area contributed by atoms with Crippen molar-refractivity contribution in [2.24, 2.45) is 0 Å². The number of carbonyl (C=O) groups excluding carboxylic acids is 2. The summed E-state index contributed by atoms with van der Waals surface area (Å²) in [6.45, 7) is 1.58. The number of carbonyl (C=O) groups is 3. The molecule has 0 saturated carbocycles. The van der Waals surface area contributed by atoms with Crippen molar-refractivity contribution >= 4 is 17.8 Å². The topological polar surface area (TPSA) is 128 Å². The molecule has 0 aliphatic rings. The zero-order valence-corrected chi connectivity index (χ0v) is 16.1. The van der Waals surface area contributed by atoms with Crippen LogP contribution in [0.4, 0.5) is 0 Å². The summed E-state index contributed by atoms with van der Waals surface area (Å²) in [5, 5.41) is 26.9. The van der Waals surface area contributed by atoms with Crippen LogP contribution < -0.4 is 16.0 Å². The molecule has 2 rings (SSSR count). The SMILES string of the molecule is C[C@H](NCc1ccccc1O)C(=O)NCC(=O)N[C@@H](Cc1ccccc1)C(=O)O. The van der Waals surface area contributed by atoms with E-state index in [0.29, 0.717) is 5.56 Å². The Bertz CT molecular complexity index is 841. The van der Waals surface area contributed by atoms with Crippen LogP contribution in [-0.4, -0.2) is 46.6 Å². The molecule has 0 aliphatic heterocycles. The zero-order valence-electron chi connectivity index (χ0n) is 16.1. The lowest BCUT2D eigenvalue weighted by Crippen LogP contribution is -2.49. The minimum Gasteiger partial charge on any atom is -0.508 e. The molecule has 0 aliphatic carbocycles. The smallest absolute Gasteiger partial charge is 0.326 e. The van der Waals surface area contributed by atoms with Crippen molar-refractivity contribution in [3.05, 3.63) is 65.7 Å². The van der Waals surface area contributed by atoms with Gasteiger partial charge >= 0.3 is 5.97 Å². The highest BCUT2D eigenvalue weighted by Gasteiger charge is 2.21. The van der Waals surface area contributed by atoms with E-state index in [-0.39, 0.29) is 25.3 Å². The van der Waals surface area contributed by atoms with Crippen molar-refractivity contribution in [3.8, 4) is 5.75 Å². The van der Waals surface area contributed by atoms with Gasteiger partial charge in [-0.25, -0.2) is 4.79 Å². The third kappa shape index (κ3) is 7.27. The molecule has 154 valence electrons. The molecule has 2 aromatic carbocycles. The predicted octanol–water partition coefficient (Wildman–Crippen LogP) is 0.799. The standard InChI is InChI=1S/C21H25N3O5/c1-14(22-12-16-9-5-6-10-18(16)25)20(27)23-13-19(26)24-17(21(28)29)11-15-7-3-2-4-8-15/h2-10,14,17,22,25H,11-13H2,1H3,(H,23,27)(H,24,26)(H,28,29)/t14-,17-/m0/s1. The highest BCUT2D eigenvalue weighted by Crippen LogP contribution is 2.14. The second-order valence-electron chi connectivity index (χ2n) is 6.60. The van der Waals surface area contributed by atoms with Gasteiger partial charge in [0.05, 0.1) is 12.6 Å². The van der Waals surface area contributed by atoms with E-state index in [1.807, 2.05) is 6.07 Å². The number of aromatic hydroxyl groups is 1. The van der Waals surface area contributed by atoms with Crippen molar-refractivity contribution in [1.82, 2.24) is 16.0 Å². The van der Waals surface area contributed by atoms with Crippen molar-refractivity contribution in [2.75, 3.05) is 6.54 Å². The van der Waals surface area contributed by atoms with Gasteiger partial charge in [-0.05, 0) is 18.6 Å². The van der Waals surface area contributed by atoms with Crippen LogP contribution in [0, 0.1) is 0 Å². The highest BCUT2D eigenvalue weighted by atomic mass is 16.4. The van der Waals surface area contributed by atoms with Crippen molar-refractivity contribution in [3.63, 3.8) is 0 Å². The number of amides is 2. The van der Waals surface area contributed by atoms with Crippen molar-refractivity contribution < 1.29 is 24.6 Å². The van der Waals surface area contributed by atoms with E-state index >= 15 is 0 Å². The minimum absolute atomic E-state index is 0.130. The number of hydrogen-bond acceptors (Lipinski definition) is 5. The average molecular weight is 399 g/mol. The van der Waals surface area contributed by atoms with Gasteiger partial charge < -0.3 is 26.2 Å². The molecule has 0 heterocycles. The summed E-state index contributed by atoms with van der Waals surface area (Å²) in [5.41, 5.74) is 1.43. The summed E-state index contributed by atoms with van der Waals surface area (Å²) in [4.78, 5) is 35.6. The maximum Gasteiger partial charge on any atom is 0.326 e. The molecule has 0 saturated heterocycles. The van der Waals surface area contributed by atoms with Gasteiger partial charge in [-0.15, -0.1) is 0 Å². The Morgan fingerprint density at radius 3 is 2.31 bits per heavy atom. The molecule has 8 nitrogen and oxygen atoms in total. The Morgan fingerprint density at radius 1 is 1.00 bits per heavy atom. The van der Waals surface area contributed by atoms with Gasteiger partial charge in [0.1, 0.15) is 11.8 Å². The van der Waals surface area contributed by atoms with Crippen LogP contribution in [0.15, 0.2) is 54.6 Å². The molecule has 0 radical (unpaired) electrons. The van der Waals surface area contributed by atoms with Crippen molar-refractivity contribution in [1.29, 1.82) is 0 Å². The first-order chi connectivity index (χ1) is 13.9. The second-order valence-corrected chi connectivity index (χ2v) is 6.60. The summed E-state index contributed by atoms with van der Waals surface area (Å²) >= 11 is 0. The summed E-state index contributed by atoms with van der Waals surface area (Å²) in [5.74, 6) is -2.02. The first-order valence-corrected chi connectivity index (χ1v) is 9.21. The molecule has 0 unspecified atom stereocenters. The lowest BCUT2D eigenvalue weighted by Gasteiger charge is -2.17. The van der Waals surface area contributed by atoms with Crippen LogP contribution in [0.3, 0.4) is 0 Å². The zero-order chi connectivity index (χ0) is 21.2. The molecule has 0 aromatic heterocycles. The number of rotatable bonds is 10. The van der Waals surface area contributed by atoms with E-state index in [0.717, 1.165) is 5.56 Å². The number of phenolic OH excluding ortho intramolecular Hbond substituents is 1. The van der Waals surface area contributed by atoms with E-state index in [1.54, 1.807) is 55.5 Å². The van der Waals surface area contributed by atoms with E-state index in [1.165, 1.54) is 0 Å². The van der Waals surface area contributed by atoms with E-state index in [2.05, 4.69) is 16.0 Å². The van der Waals surface area contributed by atoms with Gasteiger partial charge in [-0.2, -0.15) is 0 Å². The molecular formula is C21H25N3O5. The van der Waals surface area contributed by atoms with Crippen LogP contribution in [0.1, 0.15) is 18.1 Å². The maximum absolute atomic E-state index is 12.1. The number of carboxylic acid groups (broad SMARTS) is 1. The van der Waals surface area contributed by atoms with Gasteiger partial charge in [-0.1, -0.05) is 48.5 Å². The highest BCUT2D eigenvalue weighted by molar-refractivity contribution is 5.89. The summed E-state index contributed by atoms with van der Waals surface area (Å²) in [6.07, 6.45) is 0.147. The Kier molecular flexibility index (Phi) is 8.17. The Hall–Kier alpha value is -3.39. The minimum atomic E-state index is -1.15. The monoisotopic (exact) mass is 399 g/mol. The lowest BCUT2D eigenvalue weighted by molar-refractivity contribution is -0.141. The maximum atomic E-state index is 12.1. The molecule has 2 aromatic rings. The molecule has 2 atom stereocenters. The number of phenols is 1. The molecule has 8 heteroatoms. The largest absolute Gasteiger partial charge is 0.508 e. The third-order valence-electron chi connectivity index (χ3n) is 4.32. The predicted molar refractivity (Wildman–Crippen MR) is 107 cm³/mol. The fourth-order valence-corrected chi connectivity index (χ4v) is 2.63. The summed E-state index contributed by atoms with van der Waals surface area (Å²) < 4.78 is 0. The molecule has 0 spiro atoms. The summed E-state index contributed by atoms with van der Waals surface area (Å²) in [6, 6.07) is 14.0. The molecule has 2 amide bonds. The molecule has 0 bridgehead atoms. The first-order valence-electron chi connectivity index (χ1n) is 9.21. The molecule has 0 fully saturated rings. The number of carboxylic acids is 1.